The highest BCUT2D eigenvalue weighted by molar-refractivity contribution is 7.17. The largest absolute Gasteiger partial charge is 0.497 e. The Morgan fingerprint density at radius 2 is 2.00 bits per heavy atom. The number of rotatable bonds is 5. The van der Waals surface area contributed by atoms with Crippen molar-refractivity contribution in [3.8, 4) is 16.3 Å². The van der Waals surface area contributed by atoms with Gasteiger partial charge in [0.2, 0.25) is 0 Å². The van der Waals surface area contributed by atoms with Crippen LogP contribution in [0.1, 0.15) is 20.9 Å². The van der Waals surface area contributed by atoms with Crippen LogP contribution in [0.5, 0.6) is 5.75 Å². The van der Waals surface area contributed by atoms with E-state index < -0.39 is 0 Å². The summed E-state index contributed by atoms with van der Waals surface area (Å²) in [7, 11) is 1.63. The number of methoxy groups -OCH3 is 1. The number of ketones is 1. The summed E-state index contributed by atoms with van der Waals surface area (Å²) in [6.45, 7) is 1.85. The molecule has 2 heterocycles. The number of aryl methyl sites for hydroxylation is 1. The van der Waals surface area contributed by atoms with E-state index in [9.17, 15) is 4.79 Å². The van der Waals surface area contributed by atoms with Crippen LogP contribution in [0.15, 0.2) is 54.9 Å². The van der Waals surface area contributed by atoms with Crippen LogP contribution in [0.25, 0.3) is 16.6 Å². The van der Waals surface area contributed by atoms with Crippen LogP contribution >= 0.6 is 11.3 Å². The molecule has 0 atom stereocenters. The van der Waals surface area contributed by atoms with Gasteiger partial charge < -0.3 is 4.74 Å². The molecule has 0 N–H and O–H groups in total. The van der Waals surface area contributed by atoms with Gasteiger partial charge in [-0.05, 0) is 42.8 Å². The van der Waals surface area contributed by atoms with Gasteiger partial charge in [0.1, 0.15) is 10.8 Å². The molecule has 0 fully saturated rings. The molecule has 0 spiro atoms. The fraction of sp³-hybridized carbons (Fsp3) is 0.105. The van der Waals surface area contributed by atoms with Crippen molar-refractivity contribution >= 4 is 23.2 Å². The molecule has 5 heteroatoms. The number of thiazole rings is 1. The Hall–Kier alpha value is -2.79. The first-order valence-corrected chi connectivity index (χ1v) is 8.23. The van der Waals surface area contributed by atoms with Gasteiger partial charge in [-0.3, -0.25) is 9.78 Å². The van der Waals surface area contributed by atoms with Crippen molar-refractivity contribution in [2.75, 3.05) is 7.11 Å². The minimum atomic E-state index is -0.0454. The molecule has 0 saturated carbocycles. The maximum absolute atomic E-state index is 12.4. The van der Waals surface area contributed by atoms with Crippen LogP contribution in [-0.4, -0.2) is 22.9 Å². The Morgan fingerprint density at radius 3 is 2.67 bits per heavy atom. The van der Waals surface area contributed by atoms with E-state index in [1.807, 2.05) is 43.3 Å². The first-order chi connectivity index (χ1) is 11.7. The average Bonchev–Trinajstić information content (AvgIpc) is 3.03. The van der Waals surface area contributed by atoms with Crippen LogP contribution in [0.2, 0.25) is 0 Å². The normalized spacial score (nSPS) is 10.9. The summed E-state index contributed by atoms with van der Waals surface area (Å²) in [4.78, 5) is 21.7. The number of carbonyl (C=O) groups excluding carboxylic acids is 1. The number of nitrogens with zero attached hydrogens (tertiary/aromatic N) is 2. The van der Waals surface area contributed by atoms with E-state index in [1.54, 1.807) is 31.7 Å². The minimum absolute atomic E-state index is 0.0454. The molecule has 0 saturated heterocycles. The van der Waals surface area contributed by atoms with Crippen LogP contribution in [0.3, 0.4) is 0 Å². The maximum Gasteiger partial charge on any atom is 0.197 e. The Labute approximate surface area is 144 Å². The summed E-state index contributed by atoms with van der Waals surface area (Å²) in [5.41, 5.74) is 2.60. The molecular weight excluding hydrogens is 320 g/mol. The molecular formula is C19H16N2O2S. The van der Waals surface area contributed by atoms with Crippen molar-refractivity contribution in [3.63, 3.8) is 0 Å². The summed E-state index contributed by atoms with van der Waals surface area (Å²) in [6, 6.07) is 11.3. The van der Waals surface area contributed by atoms with E-state index in [-0.39, 0.29) is 5.78 Å². The van der Waals surface area contributed by atoms with Gasteiger partial charge in [-0.2, -0.15) is 0 Å². The fourth-order valence-corrected chi connectivity index (χ4v) is 3.18. The number of aromatic nitrogens is 2. The number of carbonyl (C=O) groups is 1. The molecule has 0 bridgehead atoms. The zero-order valence-corrected chi connectivity index (χ0v) is 14.2. The molecule has 2 aromatic heterocycles. The molecule has 0 unspecified atom stereocenters. The third kappa shape index (κ3) is 3.58. The number of hydrogen-bond donors (Lipinski definition) is 0. The molecule has 120 valence electrons. The van der Waals surface area contributed by atoms with E-state index in [1.165, 1.54) is 11.3 Å². The maximum atomic E-state index is 12.4. The summed E-state index contributed by atoms with van der Waals surface area (Å²) in [5.74, 6) is 0.744. The van der Waals surface area contributed by atoms with Gasteiger partial charge in [0.05, 0.1) is 17.7 Å². The molecule has 0 amide bonds. The molecule has 0 aliphatic carbocycles. The zero-order chi connectivity index (χ0) is 16.9. The first-order valence-electron chi connectivity index (χ1n) is 7.41. The van der Waals surface area contributed by atoms with Gasteiger partial charge in [0, 0.05) is 18.0 Å². The number of ether oxygens (including phenoxy) is 1. The summed E-state index contributed by atoms with van der Waals surface area (Å²) in [6.07, 6.45) is 6.84. The number of benzene rings is 1. The predicted molar refractivity (Wildman–Crippen MR) is 96.4 cm³/mol. The van der Waals surface area contributed by atoms with Gasteiger partial charge in [-0.1, -0.05) is 18.2 Å². The SMILES string of the molecule is COc1ccc(/C=C\C(=O)c2sc(-c3cccnc3)nc2C)cc1. The lowest BCUT2D eigenvalue weighted by atomic mass is 10.1. The Balaban J connectivity index is 1.79. The van der Waals surface area contributed by atoms with E-state index in [2.05, 4.69) is 9.97 Å². The van der Waals surface area contributed by atoms with Gasteiger partial charge in [-0.25, -0.2) is 4.98 Å². The van der Waals surface area contributed by atoms with Crippen LogP contribution < -0.4 is 4.74 Å². The van der Waals surface area contributed by atoms with Crippen molar-refractivity contribution in [1.82, 2.24) is 9.97 Å². The standard InChI is InChI=1S/C19H16N2O2S/c1-13-18(24-19(21-13)15-4-3-11-20-12-15)17(22)10-7-14-5-8-16(23-2)9-6-14/h3-12H,1-2H3/b10-7-. The van der Waals surface area contributed by atoms with E-state index in [0.717, 1.165) is 27.6 Å². The monoisotopic (exact) mass is 336 g/mol. The zero-order valence-electron chi connectivity index (χ0n) is 13.4. The van der Waals surface area contributed by atoms with Crippen LogP contribution in [0, 0.1) is 6.92 Å². The third-order valence-electron chi connectivity index (χ3n) is 3.47. The van der Waals surface area contributed by atoms with E-state index >= 15 is 0 Å². The molecule has 24 heavy (non-hydrogen) atoms. The summed E-state index contributed by atoms with van der Waals surface area (Å²) >= 11 is 1.39. The third-order valence-corrected chi connectivity index (χ3v) is 4.69. The molecule has 3 aromatic rings. The van der Waals surface area contributed by atoms with E-state index in [4.69, 9.17) is 4.74 Å². The van der Waals surface area contributed by atoms with Crippen LogP contribution in [0.4, 0.5) is 0 Å². The Kier molecular flexibility index (Phi) is 4.82. The molecule has 0 radical (unpaired) electrons. The van der Waals surface area contributed by atoms with Gasteiger partial charge in [-0.15, -0.1) is 11.3 Å². The molecule has 3 rings (SSSR count). The second-order valence-electron chi connectivity index (χ2n) is 5.15. The number of pyridine rings is 1. The second-order valence-corrected chi connectivity index (χ2v) is 6.15. The van der Waals surface area contributed by atoms with Crippen molar-refractivity contribution < 1.29 is 9.53 Å². The highest BCUT2D eigenvalue weighted by atomic mass is 32.1. The molecule has 0 aliphatic heterocycles. The topological polar surface area (TPSA) is 52.1 Å². The molecule has 0 aliphatic rings. The lowest BCUT2D eigenvalue weighted by molar-refractivity contribution is 0.105. The lowest BCUT2D eigenvalue weighted by Crippen LogP contribution is -1.93. The van der Waals surface area contributed by atoms with Gasteiger partial charge in [0.15, 0.2) is 5.78 Å². The number of allylic oxidation sites excluding steroid dienone is 1. The highest BCUT2D eigenvalue weighted by Gasteiger charge is 2.14. The minimum Gasteiger partial charge on any atom is -0.497 e. The second kappa shape index (κ2) is 7.19. The van der Waals surface area contributed by atoms with Gasteiger partial charge in [0.25, 0.3) is 0 Å². The smallest absolute Gasteiger partial charge is 0.197 e. The summed E-state index contributed by atoms with van der Waals surface area (Å²) in [5, 5.41) is 0.807. The lowest BCUT2D eigenvalue weighted by Gasteiger charge is -1.98. The van der Waals surface area contributed by atoms with Crippen LogP contribution in [-0.2, 0) is 0 Å². The highest BCUT2D eigenvalue weighted by Crippen LogP contribution is 2.28. The quantitative estimate of drug-likeness (QED) is 0.511. The predicted octanol–water partition coefficient (Wildman–Crippen LogP) is 4.42. The number of hydrogen-bond acceptors (Lipinski definition) is 5. The van der Waals surface area contributed by atoms with Crippen molar-refractivity contribution in [1.29, 1.82) is 0 Å². The van der Waals surface area contributed by atoms with E-state index in [0.29, 0.717) is 4.88 Å². The average molecular weight is 336 g/mol. The molecule has 1 aromatic carbocycles. The van der Waals surface area contributed by atoms with Crippen molar-refractivity contribution in [2.45, 2.75) is 6.92 Å². The first kappa shape index (κ1) is 16.1. The van der Waals surface area contributed by atoms with Crippen molar-refractivity contribution in [2.24, 2.45) is 0 Å². The fourth-order valence-electron chi connectivity index (χ4n) is 2.20. The Morgan fingerprint density at radius 1 is 1.21 bits per heavy atom. The van der Waals surface area contributed by atoms with Gasteiger partial charge >= 0.3 is 0 Å². The Bertz CT molecular complexity index is 868. The molecule has 4 nitrogen and oxygen atoms in total. The summed E-state index contributed by atoms with van der Waals surface area (Å²) < 4.78 is 5.12. The van der Waals surface area contributed by atoms with Crippen molar-refractivity contribution in [3.05, 3.63) is 71.0 Å².